The van der Waals surface area contributed by atoms with Crippen LogP contribution in [-0.4, -0.2) is 67.4 Å². The largest absolute Gasteiger partial charge is 0.492 e. The van der Waals surface area contributed by atoms with E-state index in [1.54, 1.807) is 53.5 Å². The fraction of sp³-hybridized carbons (Fsp3) is 0.250. The second-order valence-electron chi connectivity index (χ2n) is 8.35. The highest BCUT2D eigenvalue weighted by atomic mass is 16.5. The highest BCUT2D eigenvalue weighted by Gasteiger charge is 2.22. The standard InChI is InChI=1S/C24H25N11O3/c1-25-24(37)20-16(29-23-21(38-3)15(8-9-26-23)22-28-13-34(2)33-22)11-18(31-32-20)30-17-7-6-14(12-27-17)35-10-4-5-19(35)36/h6-9,11-13H,4-5,10H2,1-3H3,(H,25,37)(H2,26,27,29,30,31). The van der Waals surface area contributed by atoms with Crippen molar-refractivity contribution < 1.29 is 14.3 Å². The normalized spacial score (nSPS) is 12.9. The van der Waals surface area contributed by atoms with Crippen molar-refractivity contribution in [2.45, 2.75) is 12.8 Å². The fourth-order valence-electron chi connectivity index (χ4n) is 4.02. The number of rotatable bonds is 8. The average Bonchev–Trinajstić information content (AvgIpc) is 3.56. The van der Waals surface area contributed by atoms with E-state index >= 15 is 0 Å². The molecule has 4 aromatic rings. The summed E-state index contributed by atoms with van der Waals surface area (Å²) in [6, 6.07) is 6.91. The van der Waals surface area contributed by atoms with Crippen LogP contribution in [0.5, 0.6) is 5.75 Å². The summed E-state index contributed by atoms with van der Waals surface area (Å²) >= 11 is 0. The van der Waals surface area contributed by atoms with Crippen LogP contribution in [-0.2, 0) is 11.8 Å². The first kappa shape index (κ1) is 24.5. The van der Waals surface area contributed by atoms with Gasteiger partial charge in [0.05, 0.1) is 30.2 Å². The Morgan fingerprint density at radius 3 is 2.61 bits per heavy atom. The molecular formula is C24H25N11O3. The molecule has 0 saturated carbocycles. The Morgan fingerprint density at radius 2 is 1.95 bits per heavy atom. The third kappa shape index (κ3) is 4.91. The van der Waals surface area contributed by atoms with Gasteiger partial charge in [0.2, 0.25) is 5.91 Å². The van der Waals surface area contributed by atoms with E-state index in [1.807, 2.05) is 6.07 Å². The molecule has 5 rings (SSSR count). The predicted octanol–water partition coefficient (Wildman–Crippen LogP) is 2.04. The predicted molar refractivity (Wildman–Crippen MR) is 139 cm³/mol. The Morgan fingerprint density at radius 1 is 1.08 bits per heavy atom. The van der Waals surface area contributed by atoms with Crippen LogP contribution < -0.4 is 25.6 Å². The van der Waals surface area contributed by atoms with Crippen molar-refractivity contribution in [2.24, 2.45) is 7.05 Å². The lowest BCUT2D eigenvalue weighted by Gasteiger charge is -2.16. The van der Waals surface area contributed by atoms with Gasteiger partial charge in [0.1, 0.15) is 12.1 Å². The maximum atomic E-state index is 12.5. The zero-order valence-corrected chi connectivity index (χ0v) is 21.0. The van der Waals surface area contributed by atoms with Gasteiger partial charge in [-0.3, -0.25) is 14.3 Å². The Balaban J connectivity index is 1.44. The van der Waals surface area contributed by atoms with Crippen molar-refractivity contribution in [3.05, 3.63) is 48.7 Å². The lowest BCUT2D eigenvalue weighted by molar-refractivity contribution is -0.117. The third-order valence-electron chi connectivity index (χ3n) is 5.83. The number of amides is 2. The summed E-state index contributed by atoms with van der Waals surface area (Å²) in [5, 5.41) is 21.3. The molecule has 0 aromatic carbocycles. The van der Waals surface area contributed by atoms with Crippen LogP contribution in [0.2, 0.25) is 0 Å². The molecule has 1 fully saturated rings. The van der Waals surface area contributed by atoms with Crippen LogP contribution in [0, 0.1) is 0 Å². The topological polar surface area (TPSA) is 165 Å². The number of carbonyl (C=O) groups excluding carboxylic acids is 2. The number of methoxy groups -OCH3 is 1. The summed E-state index contributed by atoms with van der Waals surface area (Å²) < 4.78 is 7.21. The summed E-state index contributed by atoms with van der Waals surface area (Å²) in [6.45, 7) is 0.684. The highest BCUT2D eigenvalue weighted by molar-refractivity contribution is 5.98. The number of ether oxygens (including phenoxy) is 1. The number of carbonyl (C=O) groups is 2. The van der Waals surface area contributed by atoms with Crippen LogP contribution in [0.4, 0.5) is 28.8 Å². The number of anilines is 5. The average molecular weight is 516 g/mol. The van der Waals surface area contributed by atoms with E-state index in [4.69, 9.17) is 4.74 Å². The Labute approximate surface area is 217 Å². The molecule has 1 aliphatic rings. The van der Waals surface area contributed by atoms with Crippen LogP contribution in [0.25, 0.3) is 11.4 Å². The van der Waals surface area contributed by atoms with Crippen molar-refractivity contribution in [3.8, 4) is 17.1 Å². The lowest BCUT2D eigenvalue weighted by Crippen LogP contribution is -2.23. The summed E-state index contributed by atoms with van der Waals surface area (Å²) in [4.78, 5) is 39.3. The monoisotopic (exact) mass is 515 g/mol. The molecule has 14 heteroatoms. The van der Waals surface area contributed by atoms with Gasteiger partial charge in [-0.05, 0) is 24.6 Å². The van der Waals surface area contributed by atoms with Gasteiger partial charge in [-0.25, -0.2) is 15.0 Å². The van der Waals surface area contributed by atoms with Crippen LogP contribution in [0.3, 0.4) is 0 Å². The van der Waals surface area contributed by atoms with E-state index in [0.29, 0.717) is 53.2 Å². The third-order valence-corrected chi connectivity index (χ3v) is 5.83. The zero-order valence-electron chi connectivity index (χ0n) is 21.0. The van der Waals surface area contributed by atoms with Gasteiger partial charge in [0.15, 0.2) is 28.9 Å². The van der Waals surface area contributed by atoms with Gasteiger partial charge in [0, 0.05) is 39.3 Å². The summed E-state index contributed by atoms with van der Waals surface area (Å²) in [5.74, 6) is 1.66. The molecule has 3 N–H and O–H groups in total. The molecule has 5 heterocycles. The van der Waals surface area contributed by atoms with Crippen molar-refractivity contribution in [1.82, 2.24) is 40.2 Å². The van der Waals surface area contributed by atoms with Crippen molar-refractivity contribution in [2.75, 3.05) is 36.2 Å². The molecule has 2 amide bonds. The number of hydrogen-bond acceptors (Lipinski definition) is 11. The Bertz CT molecular complexity index is 1490. The van der Waals surface area contributed by atoms with Crippen molar-refractivity contribution in [3.63, 3.8) is 0 Å². The van der Waals surface area contributed by atoms with Crippen molar-refractivity contribution in [1.29, 1.82) is 0 Å². The molecule has 1 saturated heterocycles. The first-order valence-corrected chi connectivity index (χ1v) is 11.8. The van der Waals surface area contributed by atoms with Gasteiger partial charge in [-0.2, -0.15) is 5.10 Å². The second kappa shape index (κ2) is 10.5. The SMILES string of the molecule is CNC(=O)c1nnc(Nc2ccc(N3CCCC3=O)cn2)cc1Nc1nccc(-c2ncn(C)n2)c1OC. The van der Waals surface area contributed by atoms with Gasteiger partial charge in [0.25, 0.3) is 5.91 Å². The van der Waals surface area contributed by atoms with Gasteiger partial charge >= 0.3 is 0 Å². The van der Waals surface area contributed by atoms with E-state index in [-0.39, 0.29) is 11.6 Å². The van der Waals surface area contributed by atoms with Gasteiger partial charge < -0.3 is 25.6 Å². The number of hydrogen-bond donors (Lipinski definition) is 3. The van der Waals surface area contributed by atoms with Crippen LogP contribution >= 0.6 is 0 Å². The number of aryl methyl sites for hydroxylation is 1. The number of nitrogens with one attached hydrogen (secondary N) is 3. The van der Waals surface area contributed by atoms with E-state index < -0.39 is 5.91 Å². The van der Waals surface area contributed by atoms with Crippen molar-refractivity contribution >= 4 is 40.6 Å². The molecule has 0 aliphatic carbocycles. The molecular weight excluding hydrogens is 490 g/mol. The summed E-state index contributed by atoms with van der Waals surface area (Å²) in [6.07, 6.45) is 6.18. The van der Waals surface area contributed by atoms with Crippen LogP contribution in [0.15, 0.2) is 43.0 Å². The van der Waals surface area contributed by atoms with Gasteiger partial charge in [-0.15, -0.1) is 10.2 Å². The number of nitrogens with zero attached hydrogens (tertiary/aromatic N) is 8. The molecule has 194 valence electrons. The minimum Gasteiger partial charge on any atom is -0.492 e. The molecule has 4 aromatic heterocycles. The summed E-state index contributed by atoms with van der Waals surface area (Å²) in [7, 11) is 4.78. The molecule has 0 radical (unpaired) electrons. The molecule has 0 atom stereocenters. The molecule has 0 unspecified atom stereocenters. The molecule has 0 bridgehead atoms. The minimum atomic E-state index is -0.439. The quantitative estimate of drug-likeness (QED) is 0.314. The summed E-state index contributed by atoms with van der Waals surface area (Å²) in [5.41, 5.74) is 1.74. The first-order chi connectivity index (χ1) is 18.5. The minimum absolute atomic E-state index is 0.0547. The fourth-order valence-corrected chi connectivity index (χ4v) is 4.02. The van der Waals surface area contributed by atoms with E-state index in [0.717, 1.165) is 12.1 Å². The number of pyridine rings is 2. The molecule has 14 nitrogen and oxygen atoms in total. The smallest absolute Gasteiger partial charge is 0.273 e. The molecule has 0 spiro atoms. The first-order valence-electron chi connectivity index (χ1n) is 11.8. The highest BCUT2D eigenvalue weighted by Crippen LogP contribution is 2.35. The van der Waals surface area contributed by atoms with E-state index in [9.17, 15) is 9.59 Å². The molecule has 1 aliphatic heterocycles. The molecule has 38 heavy (non-hydrogen) atoms. The lowest BCUT2D eigenvalue weighted by atomic mass is 10.2. The maximum Gasteiger partial charge on any atom is 0.273 e. The zero-order chi connectivity index (χ0) is 26.6. The van der Waals surface area contributed by atoms with Gasteiger partial charge in [-0.1, -0.05) is 0 Å². The maximum absolute atomic E-state index is 12.5. The van der Waals surface area contributed by atoms with E-state index in [2.05, 4.69) is 46.2 Å². The Hall–Kier alpha value is -5.14. The van der Waals surface area contributed by atoms with Crippen LogP contribution in [0.1, 0.15) is 23.3 Å². The Kier molecular flexibility index (Phi) is 6.76. The second-order valence-corrected chi connectivity index (χ2v) is 8.35. The number of aromatic nitrogens is 7. The van der Waals surface area contributed by atoms with E-state index in [1.165, 1.54) is 14.2 Å².